The van der Waals surface area contributed by atoms with Gasteiger partial charge in [-0.15, -0.1) is 0 Å². The van der Waals surface area contributed by atoms with E-state index >= 15 is 0 Å². The molecule has 1 nitrogen and oxygen atoms in total. The number of nitrogens with zero attached hydrogens (tertiary/aromatic N) is 1. The van der Waals surface area contributed by atoms with E-state index in [4.69, 9.17) is 0 Å². The molecule has 0 saturated carbocycles. The van der Waals surface area contributed by atoms with Gasteiger partial charge in [0.2, 0.25) is 0 Å². The van der Waals surface area contributed by atoms with Crippen LogP contribution in [0.5, 0.6) is 0 Å². The second kappa shape index (κ2) is 6.63. The molecular formula is C31H19N. The molecule has 32 heavy (non-hydrogen) atoms. The molecule has 0 bridgehead atoms. The van der Waals surface area contributed by atoms with Crippen LogP contribution in [0.15, 0.2) is 116 Å². The Balaban J connectivity index is 1.82. The van der Waals surface area contributed by atoms with Gasteiger partial charge in [0, 0.05) is 12.4 Å². The van der Waals surface area contributed by atoms with Crippen molar-refractivity contribution in [2.75, 3.05) is 0 Å². The summed E-state index contributed by atoms with van der Waals surface area (Å²) in [5.41, 5.74) is 2.40. The molecule has 0 saturated heterocycles. The van der Waals surface area contributed by atoms with Crippen molar-refractivity contribution in [3.05, 3.63) is 116 Å². The molecule has 0 aliphatic heterocycles. The first kappa shape index (κ1) is 17.5. The molecule has 1 heterocycles. The SMILES string of the molecule is c1ccc2c(c1)c1ccccc1c1c3cc(-c4ccncc4)ccc3c3ccccc3c21. The van der Waals surface area contributed by atoms with Gasteiger partial charge in [0.1, 0.15) is 0 Å². The first-order chi connectivity index (χ1) is 15.9. The highest BCUT2D eigenvalue weighted by molar-refractivity contribution is 6.39. The van der Waals surface area contributed by atoms with Crippen molar-refractivity contribution in [2.24, 2.45) is 0 Å². The summed E-state index contributed by atoms with van der Waals surface area (Å²) >= 11 is 0. The number of pyridine rings is 1. The Kier molecular flexibility index (Phi) is 3.62. The summed E-state index contributed by atoms with van der Waals surface area (Å²) in [7, 11) is 0. The smallest absolute Gasteiger partial charge is 0.0273 e. The minimum absolute atomic E-state index is 1.19. The van der Waals surface area contributed by atoms with E-state index in [1.165, 1.54) is 65.0 Å². The lowest BCUT2D eigenvalue weighted by Crippen LogP contribution is -1.89. The standard InChI is InChI=1S/C31H19N/c1-4-10-26-22(7-1)23-8-2-6-12-28(23)31-29-19-21(20-15-17-32-18-16-20)13-14-25(29)24-9-3-5-11-27(24)30(26)31/h1-19H. The van der Waals surface area contributed by atoms with Crippen LogP contribution in [-0.2, 0) is 0 Å². The molecule has 0 atom stereocenters. The number of hydrogen-bond donors (Lipinski definition) is 0. The Labute approximate surface area is 185 Å². The summed E-state index contributed by atoms with van der Waals surface area (Å²) in [6.45, 7) is 0. The summed E-state index contributed by atoms with van der Waals surface area (Å²) < 4.78 is 0. The third-order valence-corrected chi connectivity index (χ3v) is 6.72. The highest BCUT2D eigenvalue weighted by atomic mass is 14.6. The van der Waals surface area contributed by atoms with Gasteiger partial charge in [-0.3, -0.25) is 4.98 Å². The van der Waals surface area contributed by atoms with Crippen LogP contribution in [0.2, 0.25) is 0 Å². The van der Waals surface area contributed by atoms with Gasteiger partial charge in [0.25, 0.3) is 0 Å². The maximum absolute atomic E-state index is 4.20. The van der Waals surface area contributed by atoms with E-state index in [2.05, 4.69) is 108 Å². The first-order valence-electron chi connectivity index (χ1n) is 11.0. The minimum Gasteiger partial charge on any atom is -0.265 e. The van der Waals surface area contributed by atoms with Crippen LogP contribution in [0.3, 0.4) is 0 Å². The predicted molar refractivity (Wildman–Crippen MR) is 137 cm³/mol. The van der Waals surface area contributed by atoms with Gasteiger partial charge >= 0.3 is 0 Å². The average molecular weight is 406 g/mol. The molecule has 0 unspecified atom stereocenters. The van der Waals surface area contributed by atoms with Crippen molar-refractivity contribution in [1.82, 2.24) is 4.98 Å². The van der Waals surface area contributed by atoms with Crippen molar-refractivity contribution in [2.45, 2.75) is 0 Å². The molecule has 1 heteroatoms. The lowest BCUT2D eigenvalue weighted by molar-refractivity contribution is 1.33. The first-order valence-corrected chi connectivity index (χ1v) is 11.0. The molecular weight excluding hydrogens is 386 g/mol. The molecule has 0 N–H and O–H groups in total. The number of rotatable bonds is 1. The van der Waals surface area contributed by atoms with Crippen LogP contribution in [0, 0.1) is 0 Å². The quantitative estimate of drug-likeness (QED) is 0.249. The summed E-state index contributed by atoms with van der Waals surface area (Å²) in [5.74, 6) is 0. The van der Waals surface area contributed by atoms with Gasteiger partial charge in [0.05, 0.1) is 0 Å². The molecule has 7 aromatic rings. The Morgan fingerprint density at radius 2 is 0.781 bits per heavy atom. The molecule has 148 valence electrons. The molecule has 7 rings (SSSR count). The summed E-state index contributed by atoms with van der Waals surface area (Å²) in [6.07, 6.45) is 3.72. The largest absolute Gasteiger partial charge is 0.265 e. The van der Waals surface area contributed by atoms with Crippen LogP contribution in [0.4, 0.5) is 0 Å². The monoisotopic (exact) mass is 405 g/mol. The molecule has 6 aromatic carbocycles. The summed E-state index contributed by atoms with van der Waals surface area (Å²) in [4.78, 5) is 4.20. The molecule has 0 aliphatic carbocycles. The van der Waals surface area contributed by atoms with E-state index in [0.29, 0.717) is 0 Å². The summed E-state index contributed by atoms with van der Waals surface area (Å²) in [6, 6.07) is 37.5. The third kappa shape index (κ3) is 2.36. The molecule has 0 aliphatic rings. The van der Waals surface area contributed by atoms with E-state index in [9.17, 15) is 0 Å². The Morgan fingerprint density at radius 3 is 1.31 bits per heavy atom. The maximum Gasteiger partial charge on any atom is 0.0273 e. The zero-order valence-electron chi connectivity index (χ0n) is 17.4. The van der Waals surface area contributed by atoms with E-state index < -0.39 is 0 Å². The van der Waals surface area contributed by atoms with Gasteiger partial charge in [-0.1, -0.05) is 84.9 Å². The fraction of sp³-hybridized carbons (Fsp3) is 0. The fourth-order valence-electron chi connectivity index (χ4n) is 5.35. The van der Waals surface area contributed by atoms with Gasteiger partial charge in [-0.2, -0.15) is 0 Å². The fourth-order valence-corrected chi connectivity index (χ4v) is 5.35. The van der Waals surface area contributed by atoms with E-state index in [1.54, 1.807) is 0 Å². The summed E-state index contributed by atoms with van der Waals surface area (Å²) in [5, 5.41) is 13.1. The number of hydrogen-bond acceptors (Lipinski definition) is 1. The molecule has 1 aromatic heterocycles. The van der Waals surface area contributed by atoms with Crippen LogP contribution in [0.25, 0.3) is 65.0 Å². The van der Waals surface area contributed by atoms with Crippen molar-refractivity contribution in [1.29, 1.82) is 0 Å². The van der Waals surface area contributed by atoms with Crippen molar-refractivity contribution in [3.63, 3.8) is 0 Å². The highest BCUT2D eigenvalue weighted by Gasteiger charge is 2.15. The van der Waals surface area contributed by atoms with Crippen molar-refractivity contribution < 1.29 is 0 Å². The molecule has 0 radical (unpaired) electrons. The van der Waals surface area contributed by atoms with Crippen molar-refractivity contribution >= 4 is 53.9 Å². The van der Waals surface area contributed by atoms with E-state index in [-0.39, 0.29) is 0 Å². The minimum atomic E-state index is 1.19. The lowest BCUT2D eigenvalue weighted by atomic mass is 9.86. The maximum atomic E-state index is 4.20. The van der Waals surface area contributed by atoms with Crippen LogP contribution in [0.1, 0.15) is 0 Å². The normalized spacial score (nSPS) is 11.8. The topological polar surface area (TPSA) is 12.9 Å². The lowest BCUT2D eigenvalue weighted by Gasteiger charge is -2.17. The van der Waals surface area contributed by atoms with Crippen LogP contribution in [-0.4, -0.2) is 4.98 Å². The Bertz CT molecular complexity index is 1800. The zero-order chi connectivity index (χ0) is 21.1. The van der Waals surface area contributed by atoms with Crippen LogP contribution < -0.4 is 0 Å². The van der Waals surface area contributed by atoms with E-state index in [1.807, 2.05) is 12.4 Å². The van der Waals surface area contributed by atoms with Crippen LogP contribution >= 0.6 is 0 Å². The number of fused-ring (bicyclic) bond motifs is 11. The third-order valence-electron chi connectivity index (χ3n) is 6.72. The van der Waals surface area contributed by atoms with Gasteiger partial charge < -0.3 is 0 Å². The van der Waals surface area contributed by atoms with E-state index in [0.717, 1.165) is 0 Å². The molecule has 0 fully saturated rings. The highest BCUT2D eigenvalue weighted by Crippen LogP contribution is 2.44. The molecule has 0 amide bonds. The molecule has 0 spiro atoms. The zero-order valence-corrected chi connectivity index (χ0v) is 17.4. The number of benzene rings is 6. The van der Waals surface area contributed by atoms with Crippen molar-refractivity contribution in [3.8, 4) is 11.1 Å². The Morgan fingerprint density at radius 1 is 0.344 bits per heavy atom. The van der Waals surface area contributed by atoms with Gasteiger partial charge in [-0.05, 0) is 83.2 Å². The second-order valence-corrected chi connectivity index (χ2v) is 8.38. The van der Waals surface area contributed by atoms with Gasteiger partial charge in [0.15, 0.2) is 0 Å². The second-order valence-electron chi connectivity index (χ2n) is 8.38. The van der Waals surface area contributed by atoms with Gasteiger partial charge in [-0.25, -0.2) is 0 Å². The predicted octanol–water partition coefficient (Wildman–Crippen LogP) is 8.51. The number of aromatic nitrogens is 1. The Hall–Kier alpha value is -4.23. The average Bonchev–Trinajstić information content (AvgIpc) is 2.88.